The highest BCUT2D eigenvalue weighted by Gasteiger charge is 2.31. The number of allylic oxidation sites excluding steroid dienone is 2. The zero-order valence-corrected chi connectivity index (χ0v) is 38.9. The molecule has 0 bridgehead atoms. The Morgan fingerprint density at radius 1 is 0.537 bits per heavy atom. The number of anilines is 3. The Morgan fingerprint density at radius 2 is 1.22 bits per heavy atom. The first kappa shape index (κ1) is 39.7. The van der Waals surface area contributed by atoms with Crippen molar-refractivity contribution in [2.75, 3.05) is 17.3 Å². The van der Waals surface area contributed by atoms with Gasteiger partial charge in [0.25, 0.3) is 0 Å². The van der Waals surface area contributed by atoms with Crippen LogP contribution in [-0.4, -0.2) is 18.9 Å². The quantitative estimate of drug-likeness (QED) is 0.179. The number of aromatic nitrogens is 1. The molecule has 0 unspecified atom stereocenters. The van der Waals surface area contributed by atoms with Crippen molar-refractivity contribution in [3.05, 3.63) is 181 Å². The van der Waals surface area contributed by atoms with Crippen LogP contribution in [-0.2, 0) is 10.8 Å². The van der Waals surface area contributed by atoms with E-state index in [1.54, 1.807) is 0 Å². The van der Waals surface area contributed by atoms with Gasteiger partial charge in [-0.3, -0.25) is 0 Å². The average molecular weight is 867 g/mol. The number of hydrogen-bond donors (Lipinski definition) is 1. The molecule has 0 amide bonds. The van der Waals surface area contributed by atoms with Crippen LogP contribution < -0.4 is 21.1 Å². The topological polar surface area (TPSA) is 46.5 Å². The lowest BCUT2D eigenvalue weighted by Gasteiger charge is -2.33. The summed E-state index contributed by atoms with van der Waals surface area (Å²) in [4.78, 5) is 2.31. The van der Waals surface area contributed by atoms with Gasteiger partial charge in [-0.2, -0.15) is 0 Å². The van der Waals surface area contributed by atoms with Gasteiger partial charge in [-0.15, -0.1) is 0 Å². The maximum Gasteiger partial charge on any atom is 0.197 e. The first-order valence-electron chi connectivity index (χ1n) is 23.3. The molecule has 323 valence electrons. The Hall–Kier alpha value is -7.70. The monoisotopic (exact) mass is 866 g/mol. The van der Waals surface area contributed by atoms with Crippen LogP contribution in [0.2, 0.25) is 0 Å². The van der Waals surface area contributed by atoms with Gasteiger partial charge in [0, 0.05) is 85.2 Å². The first-order chi connectivity index (χ1) is 32.3. The van der Waals surface area contributed by atoms with E-state index in [1.165, 1.54) is 27.4 Å². The van der Waals surface area contributed by atoms with Crippen LogP contribution in [0.5, 0.6) is 0 Å². The molecule has 6 heteroatoms. The standard InChI is InChI=1S/C61H49BN3O2/c1-34-26-50(35-14-10-9-11-15-35)64(8)51-32-53-48(30-42(34)51)62-58-40(23-24-41-44-29-46-39-16-12-13-17-54(39)66-57(46)33-52(44)65(53)59(41)58)43-28-47-45-27-37(61(5,6)7)20-25-55(45)67-56(47)31-49(43)63-38-21-18-36(19-22-38)60(2,3)4/h9-33,63H,1H2,2-8H3. The molecule has 13 rings (SSSR count). The number of nitrogens with one attached hydrogen (secondary N) is 1. The van der Waals surface area contributed by atoms with Gasteiger partial charge >= 0.3 is 0 Å². The van der Waals surface area contributed by atoms with Crippen LogP contribution in [0.4, 0.5) is 17.1 Å². The highest BCUT2D eigenvalue weighted by Crippen LogP contribution is 2.46. The largest absolute Gasteiger partial charge is 0.456 e. The number of rotatable bonds is 4. The Morgan fingerprint density at radius 3 is 2.00 bits per heavy atom. The van der Waals surface area contributed by atoms with Gasteiger partial charge in [-0.1, -0.05) is 139 Å². The fourth-order valence-electron chi connectivity index (χ4n) is 10.8. The summed E-state index contributed by atoms with van der Waals surface area (Å²) < 4.78 is 15.8. The molecule has 0 saturated heterocycles. The summed E-state index contributed by atoms with van der Waals surface area (Å²) in [6, 6.07) is 53.0. The Bertz CT molecular complexity index is 3960. The molecule has 2 aliphatic heterocycles. The summed E-state index contributed by atoms with van der Waals surface area (Å²) in [7, 11) is 4.58. The van der Waals surface area contributed by atoms with Crippen LogP contribution in [0.15, 0.2) is 167 Å². The number of hydrogen-bond acceptors (Lipinski definition) is 4. The molecule has 0 saturated carbocycles. The van der Waals surface area contributed by atoms with E-state index in [1.807, 2.05) is 6.07 Å². The molecule has 1 N–H and O–H groups in total. The maximum atomic E-state index is 6.69. The van der Waals surface area contributed by atoms with Gasteiger partial charge < -0.3 is 23.6 Å². The molecule has 0 fully saturated rings. The normalized spacial score (nSPS) is 13.8. The maximum absolute atomic E-state index is 6.69. The van der Waals surface area contributed by atoms with E-state index >= 15 is 0 Å². The van der Waals surface area contributed by atoms with Gasteiger partial charge in [0.2, 0.25) is 0 Å². The second-order valence-electron chi connectivity index (χ2n) is 20.7. The van der Waals surface area contributed by atoms with E-state index in [0.29, 0.717) is 0 Å². The summed E-state index contributed by atoms with van der Waals surface area (Å²) in [5, 5.41) is 10.7. The van der Waals surface area contributed by atoms with Gasteiger partial charge in [-0.05, 0) is 98.7 Å². The zero-order chi connectivity index (χ0) is 45.7. The number of benzene rings is 8. The van der Waals surface area contributed by atoms with E-state index in [2.05, 4.69) is 223 Å². The molecule has 11 aromatic rings. The fraction of sp³-hybridized carbons (Fsp3) is 0.148. The molecule has 0 aliphatic carbocycles. The minimum absolute atomic E-state index is 0.0160. The Balaban J connectivity index is 1.09. The van der Waals surface area contributed by atoms with E-state index in [4.69, 9.17) is 8.83 Å². The van der Waals surface area contributed by atoms with Crippen LogP contribution in [0, 0.1) is 0 Å². The minimum Gasteiger partial charge on any atom is -0.456 e. The second kappa shape index (κ2) is 13.9. The van der Waals surface area contributed by atoms with Crippen molar-refractivity contribution in [2.24, 2.45) is 0 Å². The van der Waals surface area contributed by atoms with Crippen LogP contribution >= 0.6 is 0 Å². The highest BCUT2D eigenvalue weighted by atomic mass is 16.3. The summed E-state index contributed by atoms with van der Waals surface area (Å²) in [6.45, 7) is 18.2. The van der Waals surface area contributed by atoms with Gasteiger partial charge in [0.15, 0.2) is 7.28 Å². The lowest BCUT2D eigenvalue weighted by Crippen LogP contribution is -2.38. The van der Waals surface area contributed by atoms with E-state index in [0.717, 1.165) is 117 Å². The SMILES string of the molecule is C=C1C=C(c2ccccc2)N(C)c2cc3c(cc21)[B]c1c(-c2cc4c(cc2Nc2ccc(C(C)(C)C)cc2)oc2ccc(C(C)(C)C)cc24)ccc2c4cc5c(cc4n-3c12)oc1ccccc15. The first-order valence-corrected chi connectivity index (χ1v) is 23.3. The van der Waals surface area contributed by atoms with Gasteiger partial charge in [0.1, 0.15) is 22.3 Å². The summed E-state index contributed by atoms with van der Waals surface area (Å²) >= 11 is 0. The lowest BCUT2D eigenvalue weighted by molar-refractivity contribution is 0.590. The molecule has 0 spiro atoms. The third-order valence-corrected chi connectivity index (χ3v) is 14.4. The Labute approximate surface area is 390 Å². The van der Waals surface area contributed by atoms with E-state index in [9.17, 15) is 0 Å². The molecule has 67 heavy (non-hydrogen) atoms. The zero-order valence-electron chi connectivity index (χ0n) is 38.9. The predicted octanol–water partition coefficient (Wildman–Crippen LogP) is 15.1. The van der Waals surface area contributed by atoms with E-state index in [-0.39, 0.29) is 10.8 Å². The molecule has 3 aromatic heterocycles. The molecule has 5 nitrogen and oxygen atoms in total. The van der Waals surface area contributed by atoms with Crippen LogP contribution in [0.3, 0.4) is 0 Å². The Kier molecular flexibility index (Phi) is 8.23. The third kappa shape index (κ3) is 6.01. The molecule has 0 atom stereocenters. The highest BCUT2D eigenvalue weighted by molar-refractivity contribution is 6.73. The summed E-state index contributed by atoms with van der Waals surface area (Å²) in [5.74, 6) is 0. The lowest BCUT2D eigenvalue weighted by atomic mass is 9.58. The van der Waals surface area contributed by atoms with Gasteiger partial charge in [0.05, 0.1) is 16.9 Å². The number of nitrogens with zero attached hydrogens (tertiary/aromatic N) is 2. The smallest absolute Gasteiger partial charge is 0.197 e. The number of furan rings is 2. The van der Waals surface area contributed by atoms with Crippen molar-refractivity contribution in [1.29, 1.82) is 0 Å². The molecule has 5 heterocycles. The van der Waals surface area contributed by atoms with Gasteiger partial charge in [-0.25, -0.2) is 0 Å². The molecule has 1 radical (unpaired) electrons. The van der Waals surface area contributed by atoms with Crippen molar-refractivity contribution in [2.45, 2.75) is 52.4 Å². The predicted molar refractivity (Wildman–Crippen MR) is 285 cm³/mol. The molecular formula is C61H49BN3O2. The third-order valence-electron chi connectivity index (χ3n) is 14.4. The van der Waals surface area contributed by atoms with Crippen molar-refractivity contribution < 1.29 is 8.83 Å². The molecule has 8 aromatic carbocycles. The van der Waals surface area contributed by atoms with Crippen molar-refractivity contribution in [3.63, 3.8) is 0 Å². The van der Waals surface area contributed by atoms with Crippen molar-refractivity contribution >= 4 is 112 Å². The summed E-state index contributed by atoms with van der Waals surface area (Å²) in [5.41, 5.74) is 21.5. The van der Waals surface area contributed by atoms with Crippen molar-refractivity contribution in [3.8, 4) is 16.8 Å². The summed E-state index contributed by atoms with van der Waals surface area (Å²) in [6.07, 6.45) is 2.22. The van der Waals surface area contributed by atoms with Crippen LogP contribution in [0.25, 0.3) is 93.8 Å². The average Bonchev–Trinajstić information content (AvgIpc) is 3.98. The number of para-hydroxylation sites is 1. The fourth-order valence-corrected chi connectivity index (χ4v) is 10.8. The van der Waals surface area contributed by atoms with Crippen molar-refractivity contribution in [1.82, 2.24) is 4.57 Å². The second-order valence-corrected chi connectivity index (χ2v) is 20.7. The molecular weight excluding hydrogens is 818 g/mol. The van der Waals surface area contributed by atoms with Crippen LogP contribution in [0.1, 0.15) is 63.8 Å². The van der Waals surface area contributed by atoms with E-state index < -0.39 is 0 Å². The minimum atomic E-state index is -0.0160. The number of fused-ring (bicyclic) bond motifs is 12. The molecule has 2 aliphatic rings.